The molecule has 0 aromatic rings. The van der Waals surface area contributed by atoms with Crippen LogP contribution in [0.5, 0.6) is 0 Å². The molecule has 5 heteroatoms. The van der Waals surface area contributed by atoms with Gasteiger partial charge in [-0.15, -0.1) is 0 Å². The maximum absolute atomic E-state index is 12.3. The molecule has 1 rings (SSSR count). The first-order valence-corrected chi connectivity index (χ1v) is 7.14. The van der Waals surface area contributed by atoms with Crippen molar-refractivity contribution in [2.45, 2.75) is 53.0 Å². The first-order chi connectivity index (χ1) is 8.86. The monoisotopic (exact) mass is 269 g/mol. The normalized spacial score (nSPS) is 30.2. The van der Waals surface area contributed by atoms with E-state index in [0.717, 1.165) is 25.2 Å². The number of hydrogen-bond donors (Lipinski definition) is 3. The molecule has 0 heterocycles. The molecule has 19 heavy (non-hydrogen) atoms. The van der Waals surface area contributed by atoms with Crippen molar-refractivity contribution in [2.24, 2.45) is 34.6 Å². The lowest BCUT2D eigenvalue weighted by Gasteiger charge is -2.33. The summed E-state index contributed by atoms with van der Waals surface area (Å²) in [6, 6.07) is 0.214. The number of rotatable bonds is 4. The van der Waals surface area contributed by atoms with E-state index in [0.29, 0.717) is 5.92 Å². The van der Waals surface area contributed by atoms with E-state index in [1.54, 1.807) is 0 Å². The van der Waals surface area contributed by atoms with E-state index in [1.165, 1.54) is 0 Å². The minimum atomic E-state index is -0.556. The number of hydrogen-bond acceptors (Lipinski definition) is 3. The molecular formula is C14H27N3O2. The predicted molar refractivity (Wildman–Crippen MR) is 75.8 cm³/mol. The zero-order valence-corrected chi connectivity index (χ0v) is 12.4. The van der Waals surface area contributed by atoms with E-state index >= 15 is 0 Å². The van der Waals surface area contributed by atoms with Crippen LogP contribution in [0.4, 0.5) is 0 Å². The van der Waals surface area contributed by atoms with E-state index < -0.39 is 5.92 Å². The third-order valence-corrected chi connectivity index (χ3v) is 4.33. The van der Waals surface area contributed by atoms with Crippen molar-refractivity contribution in [3.8, 4) is 0 Å². The molecule has 0 spiro atoms. The second kappa shape index (κ2) is 6.78. The van der Waals surface area contributed by atoms with E-state index in [1.807, 2.05) is 13.8 Å². The fourth-order valence-corrected chi connectivity index (χ4v) is 2.81. The molecule has 110 valence electrons. The van der Waals surface area contributed by atoms with Crippen LogP contribution in [0.25, 0.3) is 0 Å². The van der Waals surface area contributed by atoms with Gasteiger partial charge in [-0.1, -0.05) is 32.9 Å². The largest absolute Gasteiger partial charge is 0.409 e. The van der Waals surface area contributed by atoms with Crippen molar-refractivity contribution in [3.63, 3.8) is 0 Å². The maximum Gasteiger partial charge on any atom is 0.231 e. The SMILES string of the molecule is CC(C)C(C(=O)NC1CCC(C)C(C)C1)C(N)=NO. The van der Waals surface area contributed by atoms with Crippen molar-refractivity contribution in [1.29, 1.82) is 0 Å². The molecule has 1 fully saturated rings. The molecular weight excluding hydrogens is 242 g/mol. The van der Waals surface area contributed by atoms with Crippen molar-refractivity contribution in [2.75, 3.05) is 0 Å². The Kier molecular flexibility index (Phi) is 5.63. The zero-order chi connectivity index (χ0) is 14.6. The lowest BCUT2D eigenvalue weighted by Crippen LogP contribution is -2.47. The molecule has 1 aliphatic carbocycles. The number of amidine groups is 1. The quantitative estimate of drug-likeness (QED) is 0.315. The average molecular weight is 269 g/mol. The van der Waals surface area contributed by atoms with Gasteiger partial charge in [0.25, 0.3) is 0 Å². The summed E-state index contributed by atoms with van der Waals surface area (Å²) in [7, 11) is 0. The Labute approximate surface area is 115 Å². The third kappa shape index (κ3) is 4.11. The van der Waals surface area contributed by atoms with Gasteiger partial charge in [0.15, 0.2) is 5.84 Å². The second-order valence-corrected chi connectivity index (χ2v) is 6.22. The smallest absolute Gasteiger partial charge is 0.231 e. The zero-order valence-electron chi connectivity index (χ0n) is 12.4. The Hall–Kier alpha value is -1.26. The highest BCUT2D eigenvalue weighted by Crippen LogP contribution is 2.29. The fraction of sp³-hybridized carbons (Fsp3) is 0.857. The van der Waals surface area contributed by atoms with E-state index in [4.69, 9.17) is 10.9 Å². The summed E-state index contributed by atoms with van der Waals surface area (Å²) < 4.78 is 0. The molecule has 0 bridgehead atoms. The van der Waals surface area contributed by atoms with Gasteiger partial charge < -0.3 is 16.3 Å². The van der Waals surface area contributed by atoms with Gasteiger partial charge in [-0.05, 0) is 37.0 Å². The Morgan fingerprint density at radius 1 is 1.32 bits per heavy atom. The molecule has 1 amide bonds. The molecule has 1 aliphatic rings. The van der Waals surface area contributed by atoms with Gasteiger partial charge in [0, 0.05) is 6.04 Å². The van der Waals surface area contributed by atoms with E-state index in [-0.39, 0.29) is 23.7 Å². The fourth-order valence-electron chi connectivity index (χ4n) is 2.81. The van der Waals surface area contributed by atoms with Crippen LogP contribution < -0.4 is 11.1 Å². The van der Waals surface area contributed by atoms with Crippen LogP contribution in [0.3, 0.4) is 0 Å². The molecule has 5 nitrogen and oxygen atoms in total. The molecule has 4 atom stereocenters. The summed E-state index contributed by atoms with van der Waals surface area (Å²) in [5.74, 6) is 0.663. The summed E-state index contributed by atoms with van der Waals surface area (Å²) in [4.78, 5) is 12.3. The number of nitrogens with two attached hydrogens (primary N) is 1. The molecule has 0 aromatic heterocycles. The summed E-state index contributed by atoms with van der Waals surface area (Å²) in [6.07, 6.45) is 3.16. The molecule has 0 aromatic carbocycles. The van der Waals surface area contributed by atoms with Crippen LogP contribution in [0.2, 0.25) is 0 Å². The topological polar surface area (TPSA) is 87.7 Å². The van der Waals surface area contributed by atoms with Crippen molar-refractivity contribution >= 4 is 11.7 Å². The van der Waals surface area contributed by atoms with Gasteiger partial charge in [-0.2, -0.15) is 0 Å². The van der Waals surface area contributed by atoms with Gasteiger partial charge in [0.05, 0.1) is 0 Å². The van der Waals surface area contributed by atoms with Gasteiger partial charge in [0.2, 0.25) is 5.91 Å². The summed E-state index contributed by atoms with van der Waals surface area (Å²) in [5.41, 5.74) is 5.61. The molecule has 0 aliphatic heterocycles. The van der Waals surface area contributed by atoms with Crippen LogP contribution in [-0.2, 0) is 4.79 Å². The lowest BCUT2D eigenvalue weighted by atomic mass is 9.79. The minimum Gasteiger partial charge on any atom is -0.409 e. The van der Waals surface area contributed by atoms with Crippen molar-refractivity contribution in [3.05, 3.63) is 0 Å². The standard InChI is InChI=1S/C14H27N3O2/c1-8(2)12(13(15)17-19)14(18)16-11-6-5-9(3)10(4)7-11/h8-12,19H,5-7H2,1-4H3,(H2,15,17)(H,16,18). The highest BCUT2D eigenvalue weighted by Gasteiger charge is 2.31. The molecule has 1 saturated carbocycles. The van der Waals surface area contributed by atoms with Gasteiger partial charge in [-0.25, -0.2) is 0 Å². The van der Waals surface area contributed by atoms with Gasteiger partial charge in [0.1, 0.15) is 5.92 Å². The molecule has 0 saturated heterocycles. The van der Waals surface area contributed by atoms with Crippen LogP contribution in [0.15, 0.2) is 5.16 Å². The number of oxime groups is 1. The summed E-state index contributed by atoms with van der Waals surface area (Å²) in [5, 5.41) is 14.8. The van der Waals surface area contributed by atoms with Crippen LogP contribution >= 0.6 is 0 Å². The Bertz CT molecular complexity index is 342. The van der Waals surface area contributed by atoms with Gasteiger partial charge in [-0.3, -0.25) is 4.79 Å². The molecule has 4 N–H and O–H groups in total. The number of nitrogens with one attached hydrogen (secondary N) is 1. The second-order valence-electron chi connectivity index (χ2n) is 6.22. The Morgan fingerprint density at radius 2 is 1.95 bits per heavy atom. The summed E-state index contributed by atoms with van der Waals surface area (Å²) >= 11 is 0. The maximum atomic E-state index is 12.3. The Morgan fingerprint density at radius 3 is 2.42 bits per heavy atom. The number of nitrogens with zero attached hydrogens (tertiary/aromatic N) is 1. The van der Waals surface area contributed by atoms with Crippen LogP contribution in [0.1, 0.15) is 47.0 Å². The number of carbonyl (C=O) groups is 1. The van der Waals surface area contributed by atoms with Gasteiger partial charge >= 0.3 is 0 Å². The molecule has 4 unspecified atom stereocenters. The van der Waals surface area contributed by atoms with Crippen LogP contribution in [-0.4, -0.2) is 23.0 Å². The average Bonchev–Trinajstić information content (AvgIpc) is 2.33. The lowest BCUT2D eigenvalue weighted by molar-refractivity contribution is -0.125. The minimum absolute atomic E-state index is 0.00951. The Balaban J connectivity index is 2.62. The highest BCUT2D eigenvalue weighted by molar-refractivity contribution is 6.02. The first-order valence-electron chi connectivity index (χ1n) is 7.14. The molecule has 0 radical (unpaired) electrons. The summed E-state index contributed by atoms with van der Waals surface area (Å²) in [6.45, 7) is 8.28. The van der Waals surface area contributed by atoms with E-state index in [9.17, 15) is 4.79 Å². The van der Waals surface area contributed by atoms with Crippen molar-refractivity contribution < 1.29 is 10.0 Å². The van der Waals surface area contributed by atoms with Crippen LogP contribution in [0, 0.1) is 23.7 Å². The third-order valence-electron chi connectivity index (χ3n) is 4.33. The number of carbonyl (C=O) groups excluding carboxylic acids is 1. The highest BCUT2D eigenvalue weighted by atomic mass is 16.4. The first kappa shape index (κ1) is 15.8. The predicted octanol–water partition coefficient (Wildman–Crippen LogP) is 1.95. The van der Waals surface area contributed by atoms with E-state index in [2.05, 4.69) is 24.3 Å². The number of amides is 1. The van der Waals surface area contributed by atoms with Crippen molar-refractivity contribution in [1.82, 2.24) is 5.32 Å².